The summed E-state index contributed by atoms with van der Waals surface area (Å²) in [5.41, 5.74) is 9.08. The van der Waals surface area contributed by atoms with E-state index in [1.54, 1.807) is 0 Å². The standard InChI is InChI=1S/C16H26N2O/c1-5-16(6-2,11-17)18-15(19)10-14-8-7-12(3)13(4)9-14/h7-9H,5-6,10-11,17H2,1-4H3,(H,18,19). The van der Waals surface area contributed by atoms with Crippen molar-refractivity contribution in [1.29, 1.82) is 0 Å². The highest BCUT2D eigenvalue weighted by atomic mass is 16.1. The first-order valence-corrected chi connectivity index (χ1v) is 7.03. The molecular formula is C16H26N2O. The Morgan fingerprint density at radius 2 is 1.84 bits per heavy atom. The quantitative estimate of drug-likeness (QED) is 0.827. The lowest BCUT2D eigenvalue weighted by Gasteiger charge is -2.31. The van der Waals surface area contributed by atoms with Crippen LogP contribution in [0.25, 0.3) is 0 Å². The average Bonchev–Trinajstić information content (AvgIpc) is 2.40. The van der Waals surface area contributed by atoms with Crippen LogP contribution < -0.4 is 11.1 Å². The molecule has 0 unspecified atom stereocenters. The number of rotatable bonds is 6. The van der Waals surface area contributed by atoms with Crippen LogP contribution in [0.15, 0.2) is 18.2 Å². The molecule has 3 N–H and O–H groups in total. The highest BCUT2D eigenvalue weighted by Gasteiger charge is 2.26. The maximum Gasteiger partial charge on any atom is 0.224 e. The van der Waals surface area contributed by atoms with Gasteiger partial charge >= 0.3 is 0 Å². The molecule has 0 aliphatic rings. The fourth-order valence-corrected chi connectivity index (χ4v) is 2.21. The van der Waals surface area contributed by atoms with Crippen molar-refractivity contribution in [1.82, 2.24) is 5.32 Å². The van der Waals surface area contributed by atoms with Gasteiger partial charge in [0.15, 0.2) is 0 Å². The third-order valence-electron chi connectivity index (χ3n) is 4.08. The number of hydrogen-bond donors (Lipinski definition) is 2. The fourth-order valence-electron chi connectivity index (χ4n) is 2.21. The van der Waals surface area contributed by atoms with Crippen LogP contribution >= 0.6 is 0 Å². The maximum absolute atomic E-state index is 12.1. The Labute approximate surface area is 116 Å². The first kappa shape index (κ1) is 15.7. The number of carbonyl (C=O) groups excluding carboxylic acids is 1. The summed E-state index contributed by atoms with van der Waals surface area (Å²) < 4.78 is 0. The third-order valence-corrected chi connectivity index (χ3v) is 4.08. The van der Waals surface area contributed by atoms with Gasteiger partial charge in [0.05, 0.1) is 12.0 Å². The Morgan fingerprint density at radius 3 is 2.32 bits per heavy atom. The van der Waals surface area contributed by atoms with Gasteiger partial charge in [-0.25, -0.2) is 0 Å². The normalized spacial score (nSPS) is 11.4. The van der Waals surface area contributed by atoms with Crippen LogP contribution in [0.2, 0.25) is 0 Å². The summed E-state index contributed by atoms with van der Waals surface area (Å²) in [6.07, 6.45) is 2.14. The Hall–Kier alpha value is -1.35. The minimum absolute atomic E-state index is 0.0532. The smallest absolute Gasteiger partial charge is 0.224 e. The molecule has 0 radical (unpaired) electrons. The largest absolute Gasteiger partial charge is 0.349 e. The summed E-state index contributed by atoms with van der Waals surface area (Å²) in [5, 5.41) is 3.10. The summed E-state index contributed by atoms with van der Waals surface area (Å²) in [6.45, 7) is 8.75. The lowest BCUT2D eigenvalue weighted by molar-refractivity contribution is -0.122. The summed E-state index contributed by atoms with van der Waals surface area (Å²) >= 11 is 0. The van der Waals surface area contributed by atoms with Gasteiger partial charge in [-0.05, 0) is 43.4 Å². The Morgan fingerprint density at radius 1 is 1.21 bits per heavy atom. The van der Waals surface area contributed by atoms with Crippen molar-refractivity contribution in [3.8, 4) is 0 Å². The van der Waals surface area contributed by atoms with Crippen molar-refractivity contribution < 1.29 is 4.79 Å². The molecule has 19 heavy (non-hydrogen) atoms. The molecule has 0 bridgehead atoms. The second-order valence-electron chi connectivity index (χ2n) is 5.34. The molecule has 1 aromatic rings. The minimum Gasteiger partial charge on any atom is -0.349 e. The van der Waals surface area contributed by atoms with E-state index in [1.807, 2.05) is 6.07 Å². The molecule has 3 nitrogen and oxygen atoms in total. The number of nitrogens with one attached hydrogen (secondary N) is 1. The molecule has 1 rings (SSSR count). The molecule has 0 aliphatic carbocycles. The summed E-state index contributed by atoms with van der Waals surface area (Å²) in [4.78, 5) is 12.1. The second kappa shape index (κ2) is 6.71. The molecule has 0 fully saturated rings. The van der Waals surface area contributed by atoms with E-state index in [9.17, 15) is 4.79 Å². The molecule has 0 aromatic heterocycles. The van der Waals surface area contributed by atoms with Gasteiger partial charge in [0, 0.05) is 6.54 Å². The summed E-state index contributed by atoms with van der Waals surface area (Å²) in [5.74, 6) is 0.0532. The van der Waals surface area contributed by atoms with Gasteiger partial charge in [0.2, 0.25) is 5.91 Å². The molecule has 0 heterocycles. The molecule has 0 saturated heterocycles. The number of benzene rings is 1. The van der Waals surface area contributed by atoms with Gasteiger partial charge in [-0.1, -0.05) is 32.0 Å². The van der Waals surface area contributed by atoms with E-state index in [-0.39, 0.29) is 11.4 Å². The zero-order valence-electron chi connectivity index (χ0n) is 12.5. The van der Waals surface area contributed by atoms with Crippen molar-refractivity contribution >= 4 is 5.91 Å². The predicted octanol–water partition coefficient (Wildman–Crippen LogP) is 2.48. The van der Waals surface area contributed by atoms with E-state index in [0.29, 0.717) is 13.0 Å². The van der Waals surface area contributed by atoms with Crippen LogP contribution in [0.4, 0.5) is 0 Å². The van der Waals surface area contributed by atoms with Crippen LogP contribution in [-0.4, -0.2) is 18.0 Å². The van der Waals surface area contributed by atoms with E-state index in [1.165, 1.54) is 11.1 Å². The molecule has 106 valence electrons. The summed E-state index contributed by atoms with van der Waals surface area (Å²) in [7, 11) is 0. The van der Waals surface area contributed by atoms with Crippen LogP contribution in [0.3, 0.4) is 0 Å². The average molecular weight is 262 g/mol. The Balaban J connectivity index is 2.71. The zero-order chi connectivity index (χ0) is 14.5. The number of aryl methyl sites for hydroxylation is 2. The van der Waals surface area contributed by atoms with Crippen molar-refractivity contribution in [3.05, 3.63) is 34.9 Å². The molecule has 0 atom stereocenters. The van der Waals surface area contributed by atoms with Crippen LogP contribution in [-0.2, 0) is 11.2 Å². The minimum atomic E-state index is -0.253. The first-order valence-electron chi connectivity index (χ1n) is 7.03. The van der Waals surface area contributed by atoms with E-state index in [4.69, 9.17) is 5.73 Å². The van der Waals surface area contributed by atoms with Gasteiger partial charge in [0.25, 0.3) is 0 Å². The summed E-state index contributed by atoms with van der Waals surface area (Å²) in [6, 6.07) is 6.16. The zero-order valence-corrected chi connectivity index (χ0v) is 12.5. The van der Waals surface area contributed by atoms with Crippen molar-refractivity contribution in [3.63, 3.8) is 0 Å². The van der Waals surface area contributed by atoms with Crippen molar-refractivity contribution in [2.24, 2.45) is 5.73 Å². The highest BCUT2D eigenvalue weighted by Crippen LogP contribution is 2.15. The molecule has 1 amide bonds. The number of amides is 1. The van der Waals surface area contributed by atoms with Gasteiger partial charge < -0.3 is 11.1 Å². The Kier molecular flexibility index (Phi) is 5.55. The first-order chi connectivity index (χ1) is 8.96. The molecule has 0 aliphatic heterocycles. The fraction of sp³-hybridized carbons (Fsp3) is 0.562. The highest BCUT2D eigenvalue weighted by molar-refractivity contribution is 5.79. The lowest BCUT2D eigenvalue weighted by atomic mass is 9.92. The van der Waals surface area contributed by atoms with Gasteiger partial charge in [-0.2, -0.15) is 0 Å². The third kappa shape index (κ3) is 4.06. The van der Waals surface area contributed by atoms with Gasteiger partial charge in [-0.15, -0.1) is 0 Å². The predicted molar refractivity (Wildman–Crippen MR) is 80.1 cm³/mol. The molecular weight excluding hydrogens is 236 g/mol. The lowest BCUT2D eigenvalue weighted by Crippen LogP contribution is -2.53. The Bertz CT molecular complexity index is 428. The van der Waals surface area contributed by atoms with Gasteiger partial charge in [0.1, 0.15) is 0 Å². The second-order valence-corrected chi connectivity index (χ2v) is 5.34. The van der Waals surface area contributed by atoms with E-state index in [2.05, 4.69) is 45.1 Å². The van der Waals surface area contributed by atoms with Crippen LogP contribution in [0.1, 0.15) is 43.4 Å². The van der Waals surface area contributed by atoms with E-state index < -0.39 is 0 Å². The van der Waals surface area contributed by atoms with Crippen molar-refractivity contribution in [2.75, 3.05) is 6.54 Å². The molecule has 3 heteroatoms. The van der Waals surface area contributed by atoms with E-state index in [0.717, 1.165) is 18.4 Å². The maximum atomic E-state index is 12.1. The molecule has 1 aromatic carbocycles. The van der Waals surface area contributed by atoms with Crippen molar-refractivity contribution in [2.45, 2.75) is 52.5 Å². The monoisotopic (exact) mass is 262 g/mol. The molecule has 0 spiro atoms. The molecule has 0 saturated carbocycles. The SMILES string of the molecule is CCC(CC)(CN)NC(=O)Cc1ccc(C)c(C)c1. The topological polar surface area (TPSA) is 55.1 Å². The van der Waals surface area contributed by atoms with E-state index >= 15 is 0 Å². The number of nitrogens with two attached hydrogens (primary N) is 1. The number of hydrogen-bond acceptors (Lipinski definition) is 2. The van der Waals surface area contributed by atoms with Crippen LogP contribution in [0.5, 0.6) is 0 Å². The number of carbonyl (C=O) groups is 1. The van der Waals surface area contributed by atoms with Crippen LogP contribution in [0, 0.1) is 13.8 Å². The van der Waals surface area contributed by atoms with Gasteiger partial charge in [-0.3, -0.25) is 4.79 Å².